The minimum absolute atomic E-state index is 0.0812. The highest BCUT2D eigenvalue weighted by Gasteiger charge is 2.57. The first-order valence-corrected chi connectivity index (χ1v) is 10.6. The molecule has 0 aliphatic carbocycles. The first-order chi connectivity index (χ1) is 14.4. The van der Waals surface area contributed by atoms with Crippen molar-refractivity contribution in [3.63, 3.8) is 0 Å². The Labute approximate surface area is 178 Å². The van der Waals surface area contributed by atoms with Crippen LogP contribution in [0.5, 0.6) is 11.5 Å². The molecule has 5 heteroatoms. The van der Waals surface area contributed by atoms with Crippen LogP contribution in [0.3, 0.4) is 0 Å². The molecule has 1 fully saturated rings. The highest BCUT2D eigenvalue weighted by atomic mass is 16.5. The Morgan fingerprint density at radius 2 is 1.97 bits per heavy atom. The van der Waals surface area contributed by atoms with E-state index in [9.17, 15) is 4.79 Å². The maximum atomic E-state index is 12.5. The van der Waals surface area contributed by atoms with Gasteiger partial charge in [-0.2, -0.15) is 0 Å². The summed E-state index contributed by atoms with van der Waals surface area (Å²) < 4.78 is 11.3. The second-order valence-corrected chi connectivity index (χ2v) is 8.45. The molecule has 1 amide bonds. The second kappa shape index (κ2) is 7.71. The quantitative estimate of drug-likeness (QED) is 0.767. The fourth-order valence-corrected chi connectivity index (χ4v) is 4.66. The number of fused-ring (bicyclic) bond motifs is 3. The molecule has 0 spiro atoms. The Hall–Kier alpha value is -2.95. The molecular weight excluding hydrogens is 376 g/mol. The van der Waals surface area contributed by atoms with Crippen LogP contribution in [0.2, 0.25) is 0 Å². The van der Waals surface area contributed by atoms with Gasteiger partial charge in [0.25, 0.3) is 0 Å². The van der Waals surface area contributed by atoms with E-state index in [1.54, 1.807) is 7.11 Å². The molecule has 0 saturated carbocycles. The van der Waals surface area contributed by atoms with Gasteiger partial charge in [0, 0.05) is 24.1 Å². The molecule has 1 saturated heterocycles. The molecule has 1 atom stereocenters. The summed E-state index contributed by atoms with van der Waals surface area (Å²) in [7, 11) is 1.65. The van der Waals surface area contributed by atoms with E-state index in [0.29, 0.717) is 25.3 Å². The Morgan fingerprint density at radius 1 is 1.17 bits per heavy atom. The monoisotopic (exact) mass is 406 g/mol. The summed E-state index contributed by atoms with van der Waals surface area (Å²) in [4.78, 5) is 14.8. The molecule has 1 unspecified atom stereocenters. The number of amides is 1. The summed E-state index contributed by atoms with van der Waals surface area (Å²) >= 11 is 0. The van der Waals surface area contributed by atoms with E-state index in [1.165, 1.54) is 11.3 Å². The number of nitrogens with one attached hydrogen (secondary N) is 1. The molecule has 0 radical (unpaired) electrons. The van der Waals surface area contributed by atoms with Crippen molar-refractivity contribution in [3.05, 3.63) is 59.7 Å². The van der Waals surface area contributed by atoms with Crippen LogP contribution in [-0.4, -0.2) is 31.8 Å². The lowest BCUT2D eigenvalue weighted by Crippen LogP contribution is -2.68. The molecule has 30 heavy (non-hydrogen) atoms. The van der Waals surface area contributed by atoms with Crippen LogP contribution in [0.1, 0.15) is 44.7 Å². The summed E-state index contributed by atoms with van der Waals surface area (Å²) in [6, 6.07) is 14.4. The van der Waals surface area contributed by atoms with E-state index >= 15 is 0 Å². The second-order valence-electron chi connectivity index (χ2n) is 8.45. The van der Waals surface area contributed by atoms with Gasteiger partial charge in [0.2, 0.25) is 5.91 Å². The van der Waals surface area contributed by atoms with Crippen LogP contribution >= 0.6 is 0 Å². The van der Waals surface area contributed by atoms with Crippen molar-refractivity contribution < 1.29 is 14.3 Å². The minimum atomic E-state index is -0.614. The molecule has 5 nitrogen and oxygen atoms in total. The SMILES string of the molecule is CCCOc1ccc(/C=C/C23NC(=O)CCN2c2ccccc2C3(C)C)cc1OC. The molecule has 2 aromatic carbocycles. The van der Waals surface area contributed by atoms with E-state index in [1.807, 2.05) is 18.2 Å². The predicted octanol–water partition coefficient (Wildman–Crippen LogP) is 4.51. The number of ether oxygens (including phenoxy) is 2. The number of anilines is 1. The van der Waals surface area contributed by atoms with Crippen LogP contribution < -0.4 is 19.7 Å². The number of hydrogen-bond acceptors (Lipinski definition) is 4. The largest absolute Gasteiger partial charge is 0.493 e. The van der Waals surface area contributed by atoms with Crippen LogP contribution in [0.15, 0.2) is 48.5 Å². The Kier molecular flexibility index (Phi) is 5.22. The topological polar surface area (TPSA) is 50.8 Å². The van der Waals surface area contributed by atoms with Gasteiger partial charge in [-0.1, -0.05) is 51.1 Å². The minimum Gasteiger partial charge on any atom is -0.493 e. The van der Waals surface area contributed by atoms with Crippen LogP contribution in [0, 0.1) is 0 Å². The summed E-state index contributed by atoms with van der Waals surface area (Å²) in [6.07, 6.45) is 5.64. The standard InChI is InChI=1S/C25H30N2O3/c1-5-16-30-21-11-10-18(17-22(21)29-4)12-14-25-24(2,3)19-8-6-7-9-20(19)27(25)15-13-23(28)26-25/h6-12,14,17H,5,13,15-16H2,1-4H3,(H,26,28)/b14-12+. The Balaban J connectivity index is 1.73. The van der Waals surface area contributed by atoms with Crippen LogP contribution in [-0.2, 0) is 10.2 Å². The van der Waals surface area contributed by atoms with Gasteiger partial charge in [0.1, 0.15) is 5.66 Å². The average Bonchev–Trinajstić information content (AvgIpc) is 2.95. The summed E-state index contributed by atoms with van der Waals surface area (Å²) in [5, 5.41) is 3.31. The van der Waals surface area contributed by atoms with Crippen LogP contribution in [0.25, 0.3) is 6.08 Å². The molecule has 0 aromatic heterocycles. The first kappa shape index (κ1) is 20.3. The number of nitrogens with zero attached hydrogens (tertiary/aromatic N) is 1. The highest BCUT2D eigenvalue weighted by Crippen LogP contribution is 2.52. The zero-order valence-corrected chi connectivity index (χ0v) is 18.2. The van der Waals surface area contributed by atoms with E-state index < -0.39 is 5.66 Å². The summed E-state index contributed by atoms with van der Waals surface area (Å²) in [5.74, 6) is 1.54. The lowest BCUT2D eigenvalue weighted by molar-refractivity contribution is -0.124. The number of methoxy groups -OCH3 is 1. The van der Waals surface area contributed by atoms with Crippen molar-refractivity contribution in [2.24, 2.45) is 0 Å². The zero-order valence-electron chi connectivity index (χ0n) is 18.2. The van der Waals surface area contributed by atoms with Gasteiger partial charge in [-0.15, -0.1) is 0 Å². The fraction of sp³-hybridized carbons (Fsp3) is 0.400. The Morgan fingerprint density at radius 3 is 2.73 bits per heavy atom. The van der Waals surface area contributed by atoms with Crippen molar-refractivity contribution in [2.45, 2.75) is 44.7 Å². The van der Waals surface area contributed by atoms with Gasteiger partial charge in [-0.25, -0.2) is 0 Å². The lowest BCUT2D eigenvalue weighted by atomic mass is 9.74. The van der Waals surface area contributed by atoms with Crippen molar-refractivity contribution in [2.75, 3.05) is 25.2 Å². The van der Waals surface area contributed by atoms with E-state index in [-0.39, 0.29) is 11.3 Å². The van der Waals surface area contributed by atoms with Gasteiger partial charge in [-0.3, -0.25) is 4.79 Å². The maximum Gasteiger partial charge on any atom is 0.223 e. The van der Waals surface area contributed by atoms with Gasteiger partial charge in [0.05, 0.1) is 13.7 Å². The average molecular weight is 407 g/mol. The van der Waals surface area contributed by atoms with Crippen LogP contribution in [0.4, 0.5) is 5.69 Å². The molecular formula is C25H30N2O3. The van der Waals surface area contributed by atoms with E-state index in [2.05, 4.69) is 67.4 Å². The molecule has 2 aliphatic heterocycles. The summed E-state index contributed by atoms with van der Waals surface area (Å²) in [5.41, 5.74) is 2.53. The van der Waals surface area contributed by atoms with Gasteiger partial charge >= 0.3 is 0 Å². The molecule has 2 aliphatic rings. The van der Waals surface area contributed by atoms with Gasteiger partial charge < -0.3 is 19.7 Å². The smallest absolute Gasteiger partial charge is 0.223 e. The molecule has 0 bridgehead atoms. The van der Waals surface area contributed by atoms with E-state index in [4.69, 9.17) is 9.47 Å². The van der Waals surface area contributed by atoms with Crippen molar-refractivity contribution >= 4 is 17.7 Å². The maximum absolute atomic E-state index is 12.5. The lowest BCUT2D eigenvalue weighted by Gasteiger charge is -2.49. The first-order valence-electron chi connectivity index (χ1n) is 10.6. The van der Waals surface area contributed by atoms with Crippen molar-refractivity contribution in [1.29, 1.82) is 0 Å². The number of benzene rings is 2. The Bertz CT molecular complexity index is 982. The van der Waals surface area contributed by atoms with Crippen molar-refractivity contribution in [3.8, 4) is 11.5 Å². The van der Waals surface area contributed by atoms with E-state index in [0.717, 1.165) is 17.7 Å². The highest BCUT2D eigenvalue weighted by molar-refractivity contribution is 5.84. The third-order valence-electron chi connectivity index (χ3n) is 6.31. The molecule has 2 heterocycles. The van der Waals surface area contributed by atoms with Gasteiger partial charge in [0.15, 0.2) is 11.5 Å². The third kappa shape index (κ3) is 3.13. The number of carbonyl (C=O) groups excluding carboxylic acids is 1. The molecule has 2 aromatic rings. The van der Waals surface area contributed by atoms with Crippen molar-refractivity contribution in [1.82, 2.24) is 5.32 Å². The number of hydrogen-bond donors (Lipinski definition) is 1. The third-order valence-corrected chi connectivity index (χ3v) is 6.31. The normalized spacial score (nSPS) is 21.9. The number of para-hydroxylation sites is 1. The molecule has 1 N–H and O–H groups in total. The summed E-state index contributed by atoms with van der Waals surface area (Å²) in [6.45, 7) is 7.83. The predicted molar refractivity (Wildman–Crippen MR) is 120 cm³/mol. The zero-order chi connectivity index (χ0) is 21.4. The fourth-order valence-electron chi connectivity index (χ4n) is 4.66. The number of carbonyl (C=O) groups is 1. The number of rotatable bonds is 6. The molecule has 158 valence electrons. The molecule has 4 rings (SSSR count). The van der Waals surface area contributed by atoms with Gasteiger partial charge in [-0.05, 0) is 41.8 Å².